The molecule has 1 aromatic carbocycles. The van der Waals surface area contributed by atoms with Crippen molar-refractivity contribution >= 4 is 22.6 Å². The maximum atomic E-state index is 15.2. The average Bonchev–Trinajstić information content (AvgIpc) is 3.44. The van der Waals surface area contributed by atoms with Gasteiger partial charge in [-0.15, -0.1) is 0 Å². The highest BCUT2D eigenvalue weighted by Gasteiger charge is 2.35. The molecule has 1 unspecified atom stereocenters. The zero-order valence-corrected chi connectivity index (χ0v) is 14.6. The molecule has 8 heteroatoms. The van der Waals surface area contributed by atoms with Crippen LogP contribution in [0.5, 0.6) is 0 Å². The molecule has 1 saturated carbocycles. The summed E-state index contributed by atoms with van der Waals surface area (Å²) in [4.78, 5) is 29.9. The first-order valence-electron chi connectivity index (χ1n) is 9.30. The Hall–Kier alpha value is -2.48. The quantitative estimate of drug-likeness (QED) is 0.874. The van der Waals surface area contributed by atoms with Gasteiger partial charge in [-0.25, -0.2) is 14.1 Å². The summed E-state index contributed by atoms with van der Waals surface area (Å²) in [6, 6.07) is 1.55. The summed E-state index contributed by atoms with van der Waals surface area (Å²) < 4.78 is 29.5. The van der Waals surface area contributed by atoms with E-state index in [2.05, 4.69) is 15.2 Å². The second-order valence-electron chi connectivity index (χ2n) is 7.58. The topological polar surface area (TPSA) is 63.6 Å². The van der Waals surface area contributed by atoms with Crippen LogP contribution in [-0.4, -0.2) is 29.7 Å². The summed E-state index contributed by atoms with van der Waals surface area (Å²) in [6.07, 6.45) is 5.16. The number of halogens is 2. The van der Waals surface area contributed by atoms with Crippen molar-refractivity contribution in [3.05, 3.63) is 39.4 Å². The van der Waals surface area contributed by atoms with Crippen molar-refractivity contribution in [1.29, 1.82) is 0 Å². The number of benzene rings is 1. The SMILES string of the molecule is O=C(OF)c1cn(C2CC2)c2c3c(c(F)cc2c1=O)N1CCCC1CNC3. The zero-order chi connectivity index (χ0) is 18.7. The molecule has 1 atom stereocenters. The molecular weight excluding hydrogens is 356 g/mol. The number of nitrogens with zero attached hydrogens (tertiary/aromatic N) is 2. The van der Waals surface area contributed by atoms with Gasteiger partial charge in [-0.2, -0.15) is 0 Å². The molecule has 2 fully saturated rings. The van der Waals surface area contributed by atoms with E-state index in [0.29, 0.717) is 17.7 Å². The first-order chi connectivity index (χ1) is 13.1. The van der Waals surface area contributed by atoms with Crippen molar-refractivity contribution < 1.29 is 18.7 Å². The number of carbonyl (C=O) groups excluding carboxylic acids is 1. The summed E-state index contributed by atoms with van der Waals surface area (Å²) >= 11 is 0. The third-order valence-corrected chi connectivity index (χ3v) is 5.92. The monoisotopic (exact) mass is 375 g/mol. The van der Waals surface area contributed by atoms with Gasteiger partial charge >= 0.3 is 5.97 Å². The van der Waals surface area contributed by atoms with E-state index in [1.165, 1.54) is 12.3 Å². The molecule has 6 nitrogen and oxygen atoms in total. The van der Waals surface area contributed by atoms with E-state index in [-0.39, 0.29) is 17.5 Å². The maximum absolute atomic E-state index is 15.2. The number of hydrogen-bond acceptors (Lipinski definition) is 5. The van der Waals surface area contributed by atoms with Gasteiger partial charge in [0.2, 0.25) is 5.43 Å². The van der Waals surface area contributed by atoms with E-state index < -0.39 is 22.8 Å². The fourth-order valence-electron chi connectivity index (χ4n) is 4.57. The molecule has 0 bridgehead atoms. The van der Waals surface area contributed by atoms with Gasteiger partial charge in [0, 0.05) is 53.4 Å². The van der Waals surface area contributed by atoms with Crippen LogP contribution in [0.3, 0.4) is 0 Å². The molecular formula is C19H19F2N3O3. The normalized spacial score (nSPS) is 21.7. The predicted molar refractivity (Wildman–Crippen MR) is 95.0 cm³/mol. The molecule has 0 radical (unpaired) electrons. The van der Waals surface area contributed by atoms with Crippen molar-refractivity contribution in [2.75, 3.05) is 18.0 Å². The summed E-state index contributed by atoms with van der Waals surface area (Å²) in [5.74, 6) is -1.82. The minimum Gasteiger partial charge on any atom is -0.365 e. The first-order valence-corrected chi connectivity index (χ1v) is 9.30. The zero-order valence-electron chi connectivity index (χ0n) is 14.6. The van der Waals surface area contributed by atoms with Crippen LogP contribution in [-0.2, 0) is 11.5 Å². The van der Waals surface area contributed by atoms with Crippen molar-refractivity contribution in [2.24, 2.45) is 0 Å². The standard InChI is InChI=1S/C19H19F2N3O3/c20-15-6-12-16(13-8-22-7-11-2-1-5-23(11)17(13)15)24(10-3-4-10)9-14(18(12)25)19(26)27-21/h6,9-11,22H,1-5,7-8H2. The number of hydrogen-bond donors (Lipinski definition) is 1. The van der Waals surface area contributed by atoms with Crippen LogP contribution in [0.2, 0.25) is 0 Å². The molecule has 1 saturated heterocycles. The lowest BCUT2D eigenvalue weighted by Crippen LogP contribution is -2.35. The highest BCUT2D eigenvalue weighted by Crippen LogP contribution is 2.42. The van der Waals surface area contributed by atoms with Crippen molar-refractivity contribution in [1.82, 2.24) is 9.88 Å². The van der Waals surface area contributed by atoms with Gasteiger partial charge in [0.1, 0.15) is 11.4 Å². The first kappa shape index (κ1) is 16.7. The lowest BCUT2D eigenvalue weighted by molar-refractivity contribution is -0.0789. The number of rotatable bonds is 2. The molecule has 3 heterocycles. The molecule has 1 aliphatic carbocycles. The minimum absolute atomic E-state index is 0.0977. The van der Waals surface area contributed by atoms with Gasteiger partial charge in [0.15, 0.2) is 0 Å². The van der Waals surface area contributed by atoms with Gasteiger partial charge in [0.25, 0.3) is 0 Å². The van der Waals surface area contributed by atoms with E-state index in [0.717, 1.165) is 44.3 Å². The van der Waals surface area contributed by atoms with Crippen molar-refractivity contribution in [3.8, 4) is 0 Å². The van der Waals surface area contributed by atoms with Crippen LogP contribution in [0.25, 0.3) is 10.9 Å². The van der Waals surface area contributed by atoms with Crippen molar-refractivity contribution in [2.45, 2.75) is 44.3 Å². The van der Waals surface area contributed by atoms with Gasteiger partial charge < -0.3 is 14.8 Å². The average molecular weight is 375 g/mol. The second-order valence-corrected chi connectivity index (χ2v) is 7.58. The van der Waals surface area contributed by atoms with Crippen LogP contribution in [0.15, 0.2) is 17.1 Å². The van der Waals surface area contributed by atoms with Crippen LogP contribution in [0, 0.1) is 5.82 Å². The number of fused-ring (bicyclic) bond motifs is 5. The van der Waals surface area contributed by atoms with E-state index in [1.54, 1.807) is 0 Å². The van der Waals surface area contributed by atoms with Crippen molar-refractivity contribution in [3.63, 3.8) is 0 Å². The number of carbonyl (C=O) groups is 1. The second kappa shape index (κ2) is 6.02. The molecule has 0 amide bonds. The number of pyridine rings is 1. The third-order valence-electron chi connectivity index (χ3n) is 5.92. The molecule has 1 aromatic heterocycles. The molecule has 142 valence electrons. The molecule has 0 spiro atoms. The molecule has 1 N–H and O–H groups in total. The third kappa shape index (κ3) is 2.46. The Labute approximate surface area is 153 Å². The summed E-state index contributed by atoms with van der Waals surface area (Å²) in [7, 11) is 0. The molecule has 5 rings (SSSR count). The van der Waals surface area contributed by atoms with Gasteiger partial charge in [-0.05, 0) is 31.7 Å². The summed E-state index contributed by atoms with van der Waals surface area (Å²) in [5, 5.41) is 3.47. The van der Waals surface area contributed by atoms with Gasteiger partial charge in [-0.3, -0.25) is 4.79 Å². The van der Waals surface area contributed by atoms with Gasteiger partial charge in [0.05, 0.1) is 11.2 Å². The van der Waals surface area contributed by atoms with E-state index in [9.17, 15) is 14.1 Å². The van der Waals surface area contributed by atoms with Gasteiger partial charge in [-0.1, -0.05) is 0 Å². The predicted octanol–water partition coefficient (Wildman–Crippen LogP) is 2.59. The molecule has 2 aromatic rings. The summed E-state index contributed by atoms with van der Waals surface area (Å²) in [6.45, 7) is 1.98. The smallest absolute Gasteiger partial charge is 0.365 e. The Morgan fingerprint density at radius 1 is 1.26 bits per heavy atom. The highest BCUT2D eigenvalue weighted by molar-refractivity contribution is 5.96. The number of aromatic nitrogens is 1. The minimum atomic E-state index is -1.34. The largest absolute Gasteiger partial charge is 0.384 e. The van der Waals surface area contributed by atoms with E-state index in [4.69, 9.17) is 0 Å². The van der Waals surface area contributed by atoms with E-state index in [1.807, 2.05) is 4.57 Å². The lowest BCUT2D eigenvalue weighted by atomic mass is 10.0. The van der Waals surface area contributed by atoms with Crippen LogP contribution < -0.4 is 15.6 Å². The van der Waals surface area contributed by atoms with Crippen LogP contribution >= 0.6 is 0 Å². The number of anilines is 1. The molecule has 3 aliphatic rings. The number of nitrogens with one attached hydrogen (secondary N) is 1. The fourth-order valence-corrected chi connectivity index (χ4v) is 4.57. The fraction of sp³-hybridized carbons (Fsp3) is 0.474. The van der Waals surface area contributed by atoms with Crippen LogP contribution in [0.4, 0.5) is 14.6 Å². The van der Waals surface area contributed by atoms with Crippen LogP contribution in [0.1, 0.15) is 47.6 Å². The Bertz CT molecular complexity index is 1020. The summed E-state index contributed by atoms with van der Waals surface area (Å²) in [5.41, 5.74) is 0.808. The lowest BCUT2D eigenvalue weighted by Gasteiger charge is -2.27. The molecule has 27 heavy (non-hydrogen) atoms. The Kier molecular flexibility index (Phi) is 3.72. The van der Waals surface area contributed by atoms with E-state index >= 15 is 4.39 Å². The Morgan fingerprint density at radius 3 is 2.81 bits per heavy atom. The Morgan fingerprint density at radius 2 is 2.07 bits per heavy atom. The maximum Gasteiger partial charge on any atom is 0.384 e. The highest BCUT2D eigenvalue weighted by atomic mass is 19.3. The molecule has 2 aliphatic heterocycles. The Balaban J connectivity index is 1.85.